The molecule has 0 atom stereocenters. The summed E-state index contributed by atoms with van der Waals surface area (Å²) in [7, 11) is 2.09. The van der Waals surface area contributed by atoms with Crippen molar-refractivity contribution < 1.29 is 0 Å². The summed E-state index contributed by atoms with van der Waals surface area (Å²) in [5.41, 5.74) is 1.82. The second kappa shape index (κ2) is 5.51. The van der Waals surface area contributed by atoms with Crippen molar-refractivity contribution in [3.63, 3.8) is 0 Å². The molecule has 3 aromatic rings. The Morgan fingerprint density at radius 1 is 0.957 bits per heavy atom. The van der Waals surface area contributed by atoms with Gasteiger partial charge in [-0.2, -0.15) is 0 Å². The normalized spacial score (nSPS) is 16.1. The first kappa shape index (κ1) is 14.0. The number of piperazine rings is 1. The van der Waals surface area contributed by atoms with Crippen LogP contribution in [0.4, 0.5) is 0 Å². The first-order chi connectivity index (χ1) is 11.2. The zero-order valence-electron chi connectivity index (χ0n) is 13.0. The van der Waals surface area contributed by atoms with E-state index in [0.717, 1.165) is 31.9 Å². The van der Waals surface area contributed by atoms with Crippen LogP contribution >= 0.6 is 0 Å². The van der Waals surface area contributed by atoms with Crippen LogP contribution in [-0.4, -0.2) is 57.3 Å². The van der Waals surface area contributed by atoms with Gasteiger partial charge in [-0.15, -0.1) is 0 Å². The van der Waals surface area contributed by atoms with E-state index in [4.69, 9.17) is 0 Å². The number of hydrogen-bond donors (Lipinski definition) is 0. The molecule has 23 heavy (non-hydrogen) atoms. The predicted octanol–water partition coefficient (Wildman–Crippen LogP) is 0.466. The van der Waals surface area contributed by atoms with Crippen LogP contribution in [0.15, 0.2) is 47.8 Å². The maximum Gasteiger partial charge on any atom is 0.300 e. The van der Waals surface area contributed by atoms with E-state index in [1.807, 2.05) is 39.9 Å². The Bertz CT molecular complexity index is 876. The molecular formula is C16H18N6O. The maximum atomic E-state index is 12.7. The Morgan fingerprint density at radius 2 is 1.70 bits per heavy atom. The van der Waals surface area contributed by atoms with Gasteiger partial charge in [0.2, 0.25) is 0 Å². The molecule has 118 valence electrons. The van der Waals surface area contributed by atoms with Crippen molar-refractivity contribution in [1.29, 1.82) is 0 Å². The van der Waals surface area contributed by atoms with Crippen LogP contribution < -0.4 is 10.6 Å². The molecule has 0 N–H and O–H groups in total. The summed E-state index contributed by atoms with van der Waals surface area (Å²) in [5, 5.41) is 2.02. The highest BCUT2D eigenvalue weighted by molar-refractivity contribution is 5.71. The first-order valence-corrected chi connectivity index (χ1v) is 7.68. The van der Waals surface area contributed by atoms with Gasteiger partial charge in [0.15, 0.2) is 11.2 Å². The quantitative estimate of drug-likeness (QED) is 0.688. The monoisotopic (exact) mass is 310 g/mol. The average Bonchev–Trinajstić information content (AvgIpc) is 3.02. The van der Waals surface area contributed by atoms with E-state index >= 15 is 0 Å². The fraction of sp³-hybridized carbons (Fsp3) is 0.312. The lowest BCUT2D eigenvalue weighted by atomic mass is 10.3. The van der Waals surface area contributed by atoms with Crippen LogP contribution in [-0.2, 0) is 0 Å². The van der Waals surface area contributed by atoms with Crippen molar-refractivity contribution in [2.45, 2.75) is 0 Å². The lowest BCUT2D eigenvalue weighted by molar-refractivity contribution is 0.285. The lowest BCUT2D eigenvalue weighted by Gasteiger charge is -2.34. The molecule has 1 aliphatic rings. The largest absolute Gasteiger partial charge is 0.306 e. The number of aromatic nitrogens is 4. The van der Waals surface area contributed by atoms with Crippen molar-refractivity contribution in [2.75, 3.05) is 38.2 Å². The number of benzene rings is 1. The van der Waals surface area contributed by atoms with Gasteiger partial charge in [-0.25, -0.2) is 14.6 Å². The molecule has 7 nitrogen and oxygen atoms in total. The summed E-state index contributed by atoms with van der Waals surface area (Å²) in [6.07, 6.45) is 3.26. The topological polar surface area (TPSA) is 59.2 Å². The van der Waals surface area contributed by atoms with Crippen LogP contribution in [0.3, 0.4) is 0 Å². The summed E-state index contributed by atoms with van der Waals surface area (Å²) in [6.45, 7) is 3.48. The van der Waals surface area contributed by atoms with Gasteiger partial charge in [-0.05, 0) is 19.2 Å². The molecular weight excluding hydrogens is 292 g/mol. The van der Waals surface area contributed by atoms with Gasteiger partial charge < -0.3 is 9.91 Å². The molecule has 0 amide bonds. The Balaban J connectivity index is 1.77. The smallest absolute Gasteiger partial charge is 0.300 e. The van der Waals surface area contributed by atoms with Crippen molar-refractivity contribution in [1.82, 2.24) is 24.1 Å². The molecule has 0 bridgehead atoms. The molecule has 1 aromatic carbocycles. The fourth-order valence-electron chi connectivity index (χ4n) is 2.88. The average molecular weight is 310 g/mol. The maximum absolute atomic E-state index is 12.7. The number of rotatable bonds is 2. The second-order valence-electron chi connectivity index (χ2n) is 5.77. The Morgan fingerprint density at radius 3 is 2.43 bits per heavy atom. The molecule has 7 heteroatoms. The number of hydrogen-bond acceptors (Lipinski definition) is 5. The Labute approximate surface area is 133 Å². The molecule has 3 heterocycles. The van der Waals surface area contributed by atoms with Crippen molar-refractivity contribution >= 4 is 11.2 Å². The molecule has 0 radical (unpaired) electrons. The highest BCUT2D eigenvalue weighted by Gasteiger charge is 2.18. The highest BCUT2D eigenvalue weighted by Crippen LogP contribution is 2.13. The second-order valence-corrected chi connectivity index (χ2v) is 5.77. The van der Waals surface area contributed by atoms with Gasteiger partial charge in [-0.3, -0.25) is 9.36 Å². The third kappa shape index (κ3) is 2.39. The Hall–Kier alpha value is -2.67. The minimum atomic E-state index is -0.116. The van der Waals surface area contributed by atoms with E-state index < -0.39 is 0 Å². The van der Waals surface area contributed by atoms with Crippen molar-refractivity contribution in [2.24, 2.45) is 0 Å². The number of nitrogens with zero attached hydrogens (tertiary/aromatic N) is 6. The molecule has 1 saturated heterocycles. The van der Waals surface area contributed by atoms with E-state index in [9.17, 15) is 4.79 Å². The predicted molar refractivity (Wildman–Crippen MR) is 88.6 cm³/mol. The molecule has 0 saturated carbocycles. The van der Waals surface area contributed by atoms with E-state index in [2.05, 4.69) is 21.9 Å². The zero-order chi connectivity index (χ0) is 15.8. The number of imidazole rings is 1. The number of fused-ring (bicyclic) bond motifs is 1. The van der Waals surface area contributed by atoms with Crippen LogP contribution in [0, 0.1) is 0 Å². The summed E-state index contributed by atoms with van der Waals surface area (Å²) < 4.78 is 3.43. The third-order valence-corrected chi connectivity index (χ3v) is 4.26. The van der Waals surface area contributed by atoms with Gasteiger partial charge in [0.25, 0.3) is 5.56 Å². The van der Waals surface area contributed by atoms with Crippen LogP contribution in [0.25, 0.3) is 16.9 Å². The number of para-hydroxylation sites is 1. The summed E-state index contributed by atoms with van der Waals surface area (Å²) in [5.74, 6) is 0. The lowest BCUT2D eigenvalue weighted by Crippen LogP contribution is -2.53. The van der Waals surface area contributed by atoms with E-state index in [1.54, 1.807) is 17.3 Å². The summed E-state index contributed by atoms with van der Waals surface area (Å²) >= 11 is 0. The highest BCUT2D eigenvalue weighted by atomic mass is 16.1. The minimum Gasteiger partial charge on any atom is -0.306 e. The van der Waals surface area contributed by atoms with Gasteiger partial charge in [0, 0.05) is 31.9 Å². The zero-order valence-corrected chi connectivity index (χ0v) is 13.0. The van der Waals surface area contributed by atoms with Crippen LogP contribution in [0.5, 0.6) is 0 Å². The van der Waals surface area contributed by atoms with Gasteiger partial charge in [0.1, 0.15) is 12.7 Å². The standard InChI is InChI=1S/C16H18N6O/c1-19-7-9-20(10-8-19)22-12-18-15-14(16(22)23)17-11-21(15)13-5-3-2-4-6-13/h2-6,11-12H,7-10H2,1H3. The molecule has 0 aliphatic carbocycles. The third-order valence-electron chi connectivity index (χ3n) is 4.26. The van der Waals surface area contributed by atoms with Crippen LogP contribution in [0.1, 0.15) is 0 Å². The molecule has 1 fully saturated rings. The Kier molecular flexibility index (Phi) is 3.34. The SMILES string of the molecule is CN1CCN(n2cnc3c(ncn3-c3ccccc3)c2=O)CC1. The number of likely N-dealkylation sites (N-methyl/N-ethyl adjacent to an activating group) is 1. The first-order valence-electron chi connectivity index (χ1n) is 7.68. The molecule has 4 rings (SSSR count). The van der Waals surface area contributed by atoms with Crippen molar-refractivity contribution in [3.8, 4) is 5.69 Å². The van der Waals surface area contributed by atoms with Gasteiger partial charge in [0.05, 0.1) is 0 Å². The van der Waals surface area contributed by atoms with E-state index in [1.165, 1.54) is 0 Å². The summed E-state index contributed by atoms with van der Waals surface area (Å²) in [4.78, 5) is 23.8. The molecule has 0 spiro atoms. The van der Waals surface area contributed by atoms with Crippen LogP contribution in [0.2, 0.25) is 0 Å². The minimum absolute atomic E-state index is 0.116. The molecule has 2 aromatic heterocycles. The summed E-state index contributed by atoms with van der Waals surface area (Å²) in [6, 6.07) is 9.79. The van der Waals surface area contributed by atoms with E-state index in [0.29, 0.717) is 11.2 Å². The molecule has 1 aliphatic heterocycles. The fourth-order valence-corrected chi connectivity index (χ4v) is 2.88. The van der Waals surface area contributed by atoms with Gasteiger partial charge in [-0.1, -0.05) is 18.2 Å². The molecule has 0 unspecified atom stereocenters. The van der Waals surface area contributed by atoms with Gasteiger partial charge >= 0.3 is 0 Å². The van der Waals surface area contributed by atoms with E-state index in [-0.39, 0.29) is 5.56 Å². The van der Waals surface area contributed by atoms with Crippen molar-refractivity contribution in [3.05, 3.63) is 53.3 Å².